The number of piperidine rings is 1. The molecule has 34 heavy (non-hydrogen) atoms. The zero-order chi connectivity index (χ0) is 24.5. The Morgan fingerprint density at radius 2 is 1.91 bits per heavy atom. The van der Waals surface area contributed by atoms with Crippen LogP contribution in [0.2, 0.25) is 0 Å². The molecule has 0 saturated carbocycles. The fraction of sp³-hybridized carbons (Fsp3) is 0.375. The fourth-order valence-electron chi connectivity index (χ4n) is 4.06. The number of amides is 1. The molecule has 1 fully saturated rings. The van der Waals surface area contributed by atoms with Crippen molar-refractivity contribution in [2.24, 2.45) is 5.92 Å². The van der Waals surface area contributed by atoms with Crippen molar-refractivity contribution in [2.45, 2.75) is 45.4 Å². The summed E-state index contributed by atoms with van der Waals surface area (Å²) in [5.41, 5.74) is 3.42. The summed E-state index contributed by atoms with van der Waals surface area (Å²) in [4.78, 5) is 12.8. The maximum absolute atomic E-state index is 13.6. The molecule has 10 heteroatoms. The molecule has 1 amide bonds. The number of carbonyl (C=O) groups excluding carboxylic acids is 1. The van der Waals surface area contributed by atoms with Crippen molar-refractivity contribution >= 4 is 33.9 Å². The van der Waals surface area contributed by atoms with Gasteiger partial charge in [0.2, 0.25) is 15.9 Å². The lowest BCUT2D eigenvalue weighted by molar-refractivity contribution is -0.120. The predicted octanol–water partition coefficient (Wildman–Crippen LogP) is 4.11. The molecule has 0 bridgehead atoms. The quantitative estimate of drug-likeness (QED) is 0.559. The summed E-state index contributed by atoms with van der Waals surface area (Å²) in [5.74, 6) is 0.270. The molecule has 1 aliphatic heterocycles. The number of sulfonamides is 1. The first kappa shape index (κ1) is 23.9. The Labute approximate surface area is 198 Å². The lowest BCUT2D eigenvalue weighted by Crippen LogP contribution is -2.43. The number of carbonyl (C=O) groups is 1. The van der Waals surface area contributed by atoms with Crippen LogP contribution in [0.4, 0.5) is 5.82 Å². The Morgan fingerprint density at radius 1 is 1.12 bits per heavy atom. The van der Waals surface area contributed by atoms with E-state index in [-0.39, 0.29) is 28.8 Å². The average Bonchev–Trinajstić information content (AvgIpc) is 3.39. The molecule has 0 spiro atoms. The van der Waals surface area contributed by atoms with Crippen LogP contribution < -0.4 is 5.32 Å². The van der Waals surface area contributed by atoms with Gasteiger partial charge in [0.25, 0.3) is 0 Å². The second-order valence-corrected chi connectivity index (χ2v) is 10.5. The molecule has 0 aliphatic carbocycles. The highest BCUT2D eigenvalue weighted by molar-refractivity contribution is 7.89. The van der Waals surface area contributed by atoms with E-state index in [0.29, 0.717) is 31.0 Å². The summed E-state index contributed by atoms with van der Waals surface area (Å²) in [7, 11) is -3.93. The first-order valence-electron chi connectivity index (χ1n) is 11.1. The molecule has 9 nitrogen and oxygen atoms in total. The van der Waals surface area contributed by atoms with Crippen molar-refractivity contribution < 1.29 is 22.3 Å². The molecule has 1 aliphatic rings. The zero-order valence-corrected chi connectivity index (χ0v) is 20.5. The lowest BCUT2D eigenvalue weighted by Gasteiger charge is -2.30. The normalized spacial score (nSPS) is 17.4. The maximum atomic E-state index is 13.6. The zero-order valence-electron chi connectivity index (χ0n) is 19.7. The van der Waals surface area contributed by atoms with Gasteiger partial charge in [-0.15, -0.1) is 0 Å². The average molecular weight is 485 g/mol. The molecule has 180 valence electrons. The minimum atomic E-state index is -3.93. The van der Waals surface area contributed by atoms with Gasteiger partial charge >= 0.3 is 0 Å². The third-order valence-corrected chi connectivity index (χ3v) is 7.94. The van der Waals surface area contributed by atoms with Gasteiger partial charge < -0.3 is 14.4 Å². The van der Waals surface area contributed by atoms with Crippen LogP contribution in [0.25, 0.3) is 12.2 Å². The number of rotatable bonds is 6. The van der Waals surface area contributed by atoms with Gasteiger partial charge in [0.1, 0.15) is 11.5 Å². The Balaban J connectivity index is 1.56. The van der Waals surface area contributed by atoms with Gasteiger partial charge in [-0.2, -0.15) is 4.31 Å². The number of nitrogens with zero attached hydrogens (tertiary/aromatic N) is 3. The minimum Gasteiger partial charge on any atom is -0.360 e. The van der Waals surface area contributed by atoms with Crippen LogP contribution >= 0.6 is 0 Å². The van der Waals surface area contributed by atoms with E-state index in [4.69, 9.17) is 9.05 Å². The van der Waals surface area contributed by atoms with E-state index in [1.807, 2.05) is 38.1 Å². The maximum Gasteiger partial charge on any atom is 0.248 e. The largest absolute Gasteiger partial charge is 0.360 e. The Kier molecular flexibility index (Phi) is 6.72. The summed E-state index contributed by atoms with van der Waals surface area (Å²) in [6.45, 7) is 7.70. The second-order valence-electron chi connectivity index (χ2n) is 8.67. The van der Waals surface area contributed by atoms with E-state index < -0.39 is 15.9 Å². The fourth-order valence-corrected chi connectivity index (χ4v) is 5.84. The van der Waals surface area contributed by atoms with Crippen LogP contribution in [0.5, 0.6) is 0 Å². The molecule has 2 aromatic heterocycles. The van der Waals surface area contributed by atoms with Gasteiger partial charge in [0, 0.05) is 19.2 Å². The van der Waals surface area contributed by atoms with Crippen LogP contribution in [0.1, 0.15) is 46.7 Å². The van der Waals surface area contributed by atoms with E-state index in [0.717, 1.165) is 16.7 Å². The van der Waals surface area contributed by atoms with E-state index in [9.17, 15) is 13.2 Å². The Bertz CT molecular complexity index is 1340. The van der Waals surface area contributed by atoms with Crippen LogP contribution in [0, 0.1) is 33.6 Å². The van der Waals surface area contributed by atoms with Crippen LogP contribution in [-0.2, 0) is 14.8 Å². The van der Waals surface area contributed by atoms with Gasteiger partial charge in [-0.3, -0.25) is 4.79 Å². The van der Waals surface area contributed by atoms with Crippen LogP contribution in [0.15, 0.2) is 38.2 Å². The first-order valence-corrected chi connectivity index (χ1v) is 12.5. The standard InChI is InChI=1S/C24H28N4O5S/c1-15-7-8-16(2)19(12-15)9-10-21-23(18(4)26-33-21)34(30,31)28-11-5-6-20(14-28)24(29)25-22-13-17(3)32-27-22/h7-10,12-13,20H,5-6,11,14H2,1-4H3,(H,25,27,29)/b10-9+/t20-/m1/s1. The second kappa shape index (κ2) is 9.55. The number of aryl methyl sites for hydroxylation is 4. The van der Waals surface area contributed by atoms with Gasteiger partial charge in [-0.1, -0.05) is 40.2 Å². The SMILES string of the molecule is Cc1ccc(C)c(/C=C/c2onc(C)c2S(=O)(=O)N2CCC[C@@H](C(=O)Nc3cc(C)on3)C2)c1. The Morgan fingerprint density at radius 3 is 2.65 bits per heavy atom. The molecule has 1 atom stereocenters. The van der Waals surface area contributed by atoms with Crippen molar-refractivity contribution in [3.05, 3.63) is 58.2 Å². The van der Waals surface area contributed by atoms with E-state index in [1.54, 1.807) is 26.0 Å². The summed E-state index contributed by atoms with van der Waals surface area (Å²) in [5, 5.41) is 10.4. The molecule has 0 unspecified atom stereocenters. The predicted molar refractivity (Wildman–Crippen MR) is 127 cm³/mol. The molecule has 1 aromatic carbocycles. The molecule has 4 rings (SSSR count). The summed E-state index contributed by atoms with van der Waals surface area (Å²) >= 11 is 0. The molecule has 1 saturated heterocycles. The smallest absolute Gasteiger partial charge is 0.248 e. The van der Waals surface area contributed by atoms with Gasteiger partial charge in [-0.25, -0.2) is 8.42 Å². The highest BCUT2D eigenvalue weighted by Crippen LogP contribution is 2.30. The third kappa shape index (κ3) is 4.97. The molecule has 3 heterocycles. The topological polar surface area (TPSA) is 119 Å². The molecular weight excluding hydrogens is 456 g/mol. The van der Waals surface area contributed by atoms with Crippen LogP contribution in [0.3, 0.4) is 0 Å². The van der Waals surface area contributed by atoms with Gasteiger partial charge in [0.15, 0.2) is 16.5 Å². The van der Waals surface area contributed by atoms with Crippen molar-refractivity contribution in [2.75, 3.05) is 18.4 Å². The van der Waals surface area contributed by atoms with E-state index in [2.05, 4.69) is 15.6 Å². The number of benzene rings is 1. The van der Waals surface area contributed by atoms with E-state index in [1.165, 1.54) is 4.31 Å². The summed E-state index contributed by atoms with van der Waals surface area (Å²) < 4.78 is 38.9. The monoisotopic (exact) mass is 484 g/mol. The van der Waals surface area contributed by atoms with Crippen molar-refractivity contribution in [1.29, 1.82) is 0 Å². The lowest BCUT2D eigenvalue weighted by atomic mass is 9.99. The highest BCUT2D eigenvalue weighted by Gasteiger charge is 2.37. The summed E-state index contributed by atoms with van der Waals surface area (Å²) in [6.07, 6.45) is 4.60. The number of aromatic nitrogens is 2. The van der Waals surface area contributed by atoms with E-state index >= 15 is 0 Å². The van der Waals surface area contributed by atoms with Crippen molar-refractivity contribution in [3.8, 4) is 0 Å². The molecular formula is C24H28N4O5S. The number of hydrogen-bond donors (Lipinski definition) is 1. The van der Waals surface area contributed by atoms with Crippen molar-refractivity contribution in [3.63, 3.8) is 0 Å². The van der Waals surface area contributed by atoms with Gasteiger partial charge in [0.05, 0.1) is 5.92 Å². The minimum absolute atomic E-state index is 0.0299. The third-order valence-electron chi connectivity index (χ3n) is 5.91. The molecule has 3 aromatic rings. The van der Waals surface area contributed by atoms with Crippen molar-refractivity contribution in [1.82, 2.24) is 14.6 Å². The van der Waals surface area contributed by atoms with Crippen LogP contribution in [-0.4, -0.2) is 42.0 Å². The first-order chi connectivity index (χ1) is 16.1. The summed E-state index contributed by atoms with van der Waals surface area (Å²) in [6, 6.07) is 7.67. The molecule has 0 radical (unpaired) electrons. The molecule has 1 N–H and O–H groups in total. The van der Waals surface area contributed by atoms with Gasteiger partial charge in [-0.05, 0) is 57.7 Å². The number of nitrogens with one attached hydrogen (secondary N) is 1. The Hall–Kier alpha value is -3.24. The number of hydrogen-bond acceptors (Lipinski definition) is 7. The highest BCUT2D eigenvalue weighted by atomic mass is 32.2. The number of anilines is 1.